The molecule has 1 N–H and O–H groups in total. The van der Waals surface area contributed by atoms with Crippen molar-refractivity contribution >= 4 is 0 Å². The molecule has 1 aromatic rings. The lowest BCUT2D eigenvalue weighted by Gasteiger charge is -2.18. The predicted octanol–water partition coefficient (Wildman–Crippen LogP) is 2.44. The third kappa shape index (κ3) is 3.79. The van der Waals surface area contributed by atoms with Gasteiger partial charge in [-0.15, -0.1) is 0 Å². The van der Waals surface area contributed by atoms with E-state index < -0.39 is 0 Å². The second-order valence-electron chi connectivity index (χ2n) is 5.45. The highest BCUT2D eigenvalue weighted by atomic mass is 19.1. The van der Waals surface area contributed by atoms with Crippen LogP contribution in [-0.2, 0) is 6.42 Å². The summed E-state index contributed by atoms with van der Waals surface area (Å²) in [5, 5.41) is 3.57. The van der Waals surface area contributed by atoms with Crippen LogP contribution in [0.3, 0.4) is 0 Å². The largest absolute Gasteiger partial charge is 0.310 e. The molecule has 0 aliphatic carbocycles. The lowest BCUT2D eigenvalue weighted by molar-refractivity contribution is 0.326. The maximum atomic E-state index is 13.5. The Morgan fingerprint density at radius 3 is 2.89 bits per heavy atom. The van der Waals surface area contributed by atoms with Crippen molar-refractivity contribution in [2.45, 2.75) is 38.8 Å². The summed E-state index contributed by atoms with van der Waals surface area (Å²) in [7, 11) is 0. The van der Waals surface area contributed by atoms with Crippen LogP contribution < -0.4 is 5.32 Å². The van der Waals surface area contributed by atoms with Crippen LogP contribution in [0.1, 0.15) is 25.8 Å². The minimum absolute atomic E-state index is 0.0754. The molecule has 1 aliphatic heterocycles. The smallest absolute Gasteiger partial charge is 0.126 e. The normalized spacial score (nSPS) is 20.8. The van der Waals surface area contributed by atoms with Crippen molar-refractivity contribution in [3.05, 3.63) is 35.6 Å². The van der Waals surface area contributed by atoms with Gasteiger partial charge in [-0.1, -0.05) is 32.0 Å². The summed E-state index contributed by atoms with van der Waals surface area (Å²) in [6, 6.07) is 8.23. The average Bonchev–Trinajstić information content (AvgIpc) is 2.75. The molecule has 1 heterocycles. The van der Waals surface area contributed by atoms with Crippen molar-refractivity contribution < 1.29 is 4.39 Å². The van der Waals surface area contributed by atoms with E-state index in [-0.39, 0.29) is 5.82 Å². The molecule has 3 heteroatoms. The van der Waals surface area contributed by atoms with Gasteiger partial charge >= 0.3 is 0 Å². The Bertz CT molecular complexity index is 379. The third-order valence-corrected chi connectivity index (χ3v) is 3.50. The van der Waals surface area contributed by atoms with Gasteiger partial charge in [0.1, 0.15) is 5.82 Å². The highest BCUT2D eigenvalue weighted by Gasteiger charge is 2.22. The number of nitrogens with one attached hydrogen (secondary N) is 1. The molecular weight excluding hydrogens is 227 g/mol. The maximum absolute atomic E-state index is 13.5. The van der Waals surface area contributed by atoms with Gasteiger partial charge < -0.3 is 10.2 Å². The summed E-state index contributed by atoms with van der Waals surface area (Å²) in [6.45, 7) is 7.53. The van der Waals surface area contributed by atoms with Gasteiger partial charge in [-0.05, 0) is 31.0 Å². The Kier molecular flexibility index (Phi) is 4.72. The van der Waals surface area contributed by atoms with Crippen molar-refractivity contribution in [2.75, 3.05) is 19.6 Å². The number of halogens is 1. The molecule has 2 rings (SSSR count). The molecule has 0 saturated carbocycles. The van der Waals surface area contributed by atoms with Crippen LogP contribution in [0.15, 0.2) is 24.3 Å². The Balaban J connectivity index is 1.77. The summed E-state index contributed by atoms with van der Waals surface area (Å²) in [5.41, 5.74) is 0.831. The van der Waals surface area contributed by atoms with E-state index in [0.717, 1.165) is 31.6 Å². The van der Waals surface area contributed by atoms with E-state index in [1.54, 1.807) is 12.1 Å². The summed E-state index contributed by atoms with van der Waals surface area (Å²) >= 11 is 0. The van der Waals surface area contributed by atoms with Gasteiger partial charge in [-0.2, -0.15) is 0 Å². The van der Waals surface area contributed by atoms with E-state index in [4.69, 9.17) is 0 Å². The number of likely N-dealkylation sites (tertiary alicyclic amines) is 1. The molecule has 0 bridgehead atoms. The van der Waals surface area contributed by atoms with Crippen molar-refractivity contribution in [1.29, 1.82) is 0 Å². The highest BCUT2D eigenvalue weighted by Crippen LogP contribution is 2.12. The Labute approximate surface area is 109 Å². The molecule has 1 aromatic carbocycles. The molecule has 1 atom stereocenters. The molecule has 1 fully saturated rings. The number of hydrogen-bond acceptors (Lipinski definition) is 2. The number of nitrogens with zero attached hydrogens (tertiary/aromatic N) is 1. The van der Waals surface area contributed by atoms with Crippen LogP contribution in [0.25, 0.3) is 0 Å². The van der Waals surface area contributed by atoms with Gasteiger partial charge in [0, 0.05) is 25.2 Å². The first kappa shape index (κ1) is 13.5. The van der Waals surface area contributed by atoms with Gasteiger partial charge in [0.05, 0.1) is 0 Å². The zero-order valence-electron chi connectivity index (χ0n) is 11.3. The topological polar surface area (TPSA) is 15.3 Å². The van der Waals surface area contributed by atoms with Gasteiger partial charge in [0.2, 0.25) is 0 Å². The predicted molar refractivity (Wildman–Crippen MR) is 73.2 cm³/mol. The van der Waals surface area contributed by atoms with Gasteiger partial charge in [0.15, 0.2) is 0 Å². The minimum Gasteiger partial charge on any atom is -0.310 e. The third-order valence-electron chi connectivity index (χ3n) is 3.50. The quantitative estimate of drug-likeness (QED) is 0.863. The van der Waals surface area contributed by atoms with Crippen molar-refractivity contribution in [3.8, 4) is 0 Å². The molecule has 0 radical (unpaired) electrons. The Hall–Kier alpha value is -0.930. The fourth-order valence-electron chi connectivity index (χ4n) is 2.62. The zero-order valence-corrected chi connectivity index (χ0v) is 11.3. The number of hydrogen-bond donors (Lipinski definition) is 1. The van der Waals surface area contributed by atoms with E-state index in [2.05, 4.69) is 24.1 Å². The van der Waals surface area contributed by atoms with Crippen LogP contribution in [-0.4, -0.2) is 36.6 Å². The van der Waals surface area contributed by atoms with Crippen molar-refractivity contribution in [3.63, 3.8) is 0 Å². The molecule has 0 aromatic heterocycles. The van der Waals surface area contributed by atoms with Crippen LogP contribution in [0.4, 0.5) is 4.39 Å². The van der Waals surface area contributed by atoms with E-state index in [1.165, 1.54) is 6.42 Å². The van der Waals surface area contributed by atoms with Crippen molar-refractivity contribution in [1.82, 2.24) is 10.2 Å². The number of rotatable bonds is 5. The van der Waals surface area contributed by atoms with E-state index in [0.29, 0.717) is 12.1 Å². The standard InChI is InChI=1S/C15H23FN2/c1-12(2)17-14-8-10-18(11-14)9-7-13-5-3-4-6-15(13)16/h3-6,12,14,17H,7-11H2,1-2H3. The Morgan fingerprint density at radius 2 is 2.17 bits per heavy atom. The molecule has 1 aliphatic rings. The lowest BCUT2D eigenvalue weighted by atomic mass is 10.1. The average molecular weight is 250 g/mol. The molecule has 0 amide bonds. The summed E-state index contributed by atoms with van der Waals surface area (Å²) in [5.74, 6) is -0.0754. The van der Waals surface area contributed by atoms with Gasteiger partial charge in [0.25, 0.3) is 0 Å². The molecule has 0 spiro atoms. The van der Waals surface area contributed by atoms with E-state index >= 15 is 0 Å². The monoisotopic (exact) mass is 250 g/mol. The van der Waals surface area contributed by atoms with Gasteiger partial charge in [-0.25, -0.2) is 4.39 Å². The summed E-state index contributed by atoms with van der Waals surface area (Å²) in [6.07, 6.45) is 2.01. The van der Waals surface area contributed by atoms with Crippen LogP contribution in [0.5, 0.6) is 0 Å². The second-order valence-corrected chi connectivity index (χ2v) is 5.45. The minimum atomic E-state index is -0.0754. The van der Waals surface area contributed by atoms with Crippen LogP contribution in [0.2, 0.25) is 0 Å². The first-order valence-electron chi connectivity index (χ1n) is 6.87. The molecular formula is C15H23FN2. The second kappa shape index (κ2) is 6.30. The fraction of sp³-hybridized carbons (Fsp3) is 0.600. The van der Waals surface area contributed by atoms with Crippen LogP contribution in [0, 0.1) is 5.82 Å². The zero-order chi connectivity index (χ0) is 13.0. The molecule has 1 unspecified atom stereocenters. The summed E-state index contributed by atoms with van der Waals surface area (Å²) < 4.78 is 13.5. The van der Waals surface area contributed by atoms with Crippen LogP contribution >= 0.6 is 0 Å². The fourth-order valence-corrected chi connectivity index (χ4v) is 2.62. The van der Waals surface area contributed by atoms with E-state index in [1.807, 2.05) is 12.1 Å². The summed E-state index contributed by atoms with van der Waals surface area (Å²) in [4.78, 5) is 2.42. The Morgan fingerprint density at radius 1 is 1.39 bits per heavy atom. The van der Waals surface area contributed by atoms with Crippen molar-refractivity contribution in [2.24, 2.45) is 0 Å². The SMILES string of the molecule is CC(C)NC1CCN(CCc2ccccc2F)C1. The number of benzene rings is 1. The first-order chi connectivity index (χ1) is 8.65. The maximum Gasteiger partial charge on any atom is 0.126 e. The molecule has 100 valence electrons. The van der Waals surface area contributed by atoms with Gasteiger partial charge in [-0.3, -0.25) is 0 Å². The molecule has 18 heavy (non-hydrogen) atoms. The lowest BCUT2D eigenvalue weighted by Crippen LogP contribution is -2.37. The highest BCUT2D eigenvalue weighted by molar-refractivity contribution is 5.17. The first-order valence-corrected chi connectivity index (χ1v) is 6.87. The molecule has 2 nitrogen and oxygen atoms in total. The molecule has 1 saturated heterocycles. The van der Waals surface area contributed by atoms with E-state index in [9.17, 15) is 4.39 Å².